The molecule has 2 aromatic rings. The van der Waals surface area contributed by atoms with E-state index in [0.717, 1.165) is 22.6 Å². The van der Waals surface area contributed by atoms with Gasteiger partial charge in [0.2, 0.25) is 0 Å². The highest BCUT2D eigenvalue weighted by Gasteiger charge is 2.06. The van der Waals surface area contributed by atoms with Crippen molar-refractivity contribution in [1.82, 2.24) is 5.32 Å². The molecular formula is C16H21NO3. The average molecular weight is 275 g/mol. The normalized spacial score (nSPS) is 14.2. The highest BCUT2D eigenvalue weighted by molar-refractivity contribution is 5.58. The highest BCUT2D eigenvalue weighted by Crippen LogP contribution is 2.24. The van der Waals surface area contributed by atoms with Crippen molar-refractivity contribution in [3.8, 4) is 11.3 Å². The first-order valence-electron chi connectivity index (χ1n) is 6.82. The Kier molecular flexibility index (Phi) is 4.95. The quantitative estimate of drug-likeness (QED) is 0.757. The van der Waals surface area contributed by atoms with E-state index in [1.54, 1.807) is 13.8 Å². The highest BCUT2D eigenvalue weighted by atomic mass is 16.3. The number of benzene rings is 1. The standard InChI is InChI=1S/C16H21NO3/c1-11(18)9-17-10-15-7-8-16(20-15)14-5-3-13(4-6-14)12(2)19/h3-8,11-12,17-19H,9-10H2,1-2H3/t11-,12-/m0/s1. The third-order valence-electron chi connectivity index (χ3n) is 3.08. The molecule has 0 aliphatic carbocycles. The first kappa shape index (κ1) is 14.8. The van der Waals surface area contributed by atoms with Crippen LogP contribution in [0.25, 0.3) is 11.3 Å². The first-order chi connectivity index (χ1) is 9.56. The Hall–Kier alpha value is -1.62. The Balaban J connectivity index is 2.01. The molecule has 108 valence electrons. The van der Waals surface area contributed by atoms with Gasteiger partial charge in [-0.3, -0.25) is 0 Å². The fourth-order valence-electron chi connectivity index (χ4n) is 1.96. The number of aliphatic hydroxyl groups excluding tert-OH is 2. The van der Waals surface area contributed by atoms with Crippen LogP contribution in [-0.4, -0.2) is 22.9 Å². The van der Waals surface area contributed by atoms with Gasteiger partial charge in [0, 0.05) is 12.1 Å². The fourth-order valence-corrected chi connectivity index (χ4v) is 1.96. The number of hydrogen-bond donors (Lipinski definition) is 3. The van der Waals surface area contributed by atoms with Gasteiger partial charge in [0.1, 0.15) is 11.5 Å². The van der Waals surface area contributed by atoms with Crippen LogP contribution in [0.1, 0.15) is 31.3 Å². The van der Waals surface area contributed by atoms with Crippen molar-refractivity contribution in [3.63, 3.8) is 0 Å². The summed E-state index contributed by atoms with van der Waals surface area (Å²) in [5.41, 5.74) is 1.87. The van der Waals surface area contributed by atoms with Gasteiger partial charge in [0.05, 0.1) is 18.8 Å². The summed E-state index contributed by atoms with van der Waals surface area (Å²) >= 11 is 0. The SMILES string of the molecule is C[C@H](O)CNCc1ccc(-c2ccc([C@H](C)O)cc2)o1. The molecule has 1 aromatic heterocycles. The van der Waals surface area contributed by atoms with Crippen LogP contribution in [0.3, 0.4) is 0 Å². The number of furan rings is 1. The molecule has 0 amide bonds. The molecule has 3 N–H and O–H groups in total. The molecule has 4 heteroatoms. The zero-order chi connectivity index (χ0) is 14.5. The Morgan fingerprint density at radius 3 is 2.35 bits per heavy atom. The second kappa shape index (κ2) is 6.70. The molecule has 2 rings (SSSR count). The van der Waals surface area contributed by atoms with Crippen LogP contribution in [0, 0.1) is 0 Å². The van der Waals surface area contributed by atoms with Crippen molar-refractivity contribution in [3.05, 3.63) is 47.7 Å². The maximum Gasteiger partial charge on any atom is 0.134 e. The maximum absolute atomic E-state index is 9.48. The molecular weight excluding hydrogens is 254 g/mol. The summed E-state index contributed by atoms with van der Waals surface area (Å²) in [5.74, 6) is 1.64. The Labute approximate surface area is 119 Å². The average Bonchev–Trinajstić information content (AvgIpc) is 2.87. The van der Waals surface area contributed by atoms with Gasteiger partial charge in [-0.25, -0.2) is 0 Å². The third-order valence-corrected chi connectivity index (χ3v) is 3.08. The molecule has 20 heavy (non-hydrogen) atoms. The first-order valence-corrected chi connectivity index (χ1v) is 6.82. The van der Waals surface area contributed by atoms with Gasteiger partial charge in [-0.1, -0.05) is 24.3 Å². The zero-order valence-electron chi connectivity index (χ0n) is 11.8. The lowest BCUT2D eigenvalue weighted by atomic mass is 10.1. The number of hydrogen-bond acceptors (Lipinski definition) is 4. The summed E-state index contributed by atoms with van der Waals surface area (Å²) in [6.45, 7) is 4.62. The smallest absolute Gasteiger partial charge is 0.134 e. The molecule has 0 unspecified atom stereocenters. The third kappa shape index (κ3) is 3.93. The molecule has 0 radical (unpaired) electrons. The topological polar surface area (TPSA) is 65.6 Å². The molecule has 0 bridgehead atoms. The summed E-state index contributed by atoms with van der Waals surface area (Å²) in [5, 5.41) is 21.8. The molecule has 0 fully saturated rings. The van der Waals surface area contributed by atoms with Crippen LogP contribution in [0.2, 0.25) is 0 Å². The van der Waals surface area contributed by atoms with E-state index in [1.807, 2.05) is 36.4 Å². The van der Waals surface area contributed by atoms with E-state index in [9.17, 15) is 10.2 Å². The molecule has 1 aromatic carbocycles. The Morgan fingerprint density at radius 1 is 1.05 bits per heavy atom. The van der Waals surface area contributed by atoms with Crippen LogP contribution < -0.4 is 5.32 Å². The molecule has 0 aliphatic rings. The minimum absolute atomic E-state index is 0.363. The van der Waals surface area contributed by atoms with E-state index in [2.05, 4.69) is 5.32 Å². The van der Waals surface area contributed by atoms with E-state index in [0.29, 0.717) is 13.1 Å². The van der Waals surface area contributed by atoms with Crippen molar-refractivity contribution in [2.45, 2.75) is 32.6 Å². The molecule has 0 saturated heterocycles. The minimum atomic E-state index is -0.458. The summed E-state index contributed by atoms with van der Waals surface area (Å²) in [6, 6.07) is 11.5. The van der Waals surface area contributed by atoms with Crippen LogP contribution in [0.5, 0.6) is 0 Å². The number of rotatable bonds is 6. The summed E-state index contributed by atoms with van der Waals surface area (Å²) in [7, 11) is 0. The van der Waals surface area contributed by atoms with Crippen LogP contribution in [-0.2, 0) is 6.54 Å². The summed E-state index contributed by atoms with van der Waals surface area (Å²) in [4.78, 5) is 0. The van der Waals surface area contributed by atoms with Gasteiger partial charge in [-0.15, -0.1) is 0 Å². The minimum Gasteiger partial charge on any atom is -0.460 e. The molecule has 0 spiro atoms. The van der Waals surface area contributed by atoms with Gasteiger partial charge in [-0.05, 0) is 31.5 Å². The lowest BCUT2D eigenvalue weighted by Gasteiger charge is -2.05. The predicted molar refractivity (Wildman–Crippen MR) is 78.2 cm³/mol. The Morgan fingerprint density at radius 2 is 1.75 bits per heavy atom. The molecule has 2 atom stereocenters. The van der Waals surface area contributed by atoms with Crippen LogP contribution in [0.15, 0.2) is 40.8 Å². The molecule has 0 saturated carbocycles. The molecule has 4 nitrogen and oxygen atoms in total. The predicted octanol–water partition coefficient (Wildman–Crippen LogP) is 2.47. The van der Waals surface area contributed by atoms with E-state index < -0.39 is 6.10 Å². The second-order valence-electron chi connectivity index (χ2n) is 5.04. The molecule has 0 aliphatic heterocycles. The van der Waals surface area contributed by atoms with Crippen molar-refractivity contribution in [2.24, 2.45) is 0 Å². The Bertz CT molecular complexity index is 529. The second-order valence-corrected chi connectivity index (χ2v) is 5.04. The van der Waals surface area contributed by atoms with Crippen LogP contribution >= 0.6 is 0 Å². The zero-order valence-corrected chi connectivity index (χ0v) is 11.8. The maximum atomic E-state index is 9.48. The van der Waals surface area contributed by atoms with Crippen molar-refractivity contribution < 1.29 is 14.6 Å². The fraction of sp³-hybridized carbons (Fsp3) is 0.375. The largest absolute Gasteiger partial charge is 0.460 e. The molecule has 1 heterocycles. The number of aliphatic hydroxyl groups is 2. The van der Waals surface area contributed by atoms with E-state index in [-0.39, 0.29) is 6.10 Å². The summed E-state index contributed by atoms with van der Waals surface area (Å²) in [6.07, 6.45) is -0.821. The van der Waals surface area contributed by atoms with Crippen molar-refractivity contribution >= 4 is 0 Å². The monoisotopic (exact) mass is 275 g/mol. The van der Waals surface area contributed by atoms with Gasteiger partial charge in [0.25, 0.3) is 0 Å². The lowest BCUT2D eigenvalue weighted by molar-refractivity contribution is 0.190. The van der Waals surface area contributed by atoms with Gasteiger partial charge < -0.3 is 19.9 Å². The van der Waals surface area contributed by atoms with Gasteiger partial charge in [-0.2, -0.15) is 0 Å². The van der Waals surface area contributed by atoms with E-state index in [1.165, 1.54) is 0 Å². The van der Waals surface area contributed by atoms with Crippen LogP contribution in [0.4, 0.5) is 0 Å². The number of nitrogens with one attached hydrogen (secondary N) is 1. The van der Waals surface area contributed by atoms with Gasteiger partial charge >= 0.3 is 0 Å². The van der Waals surface area contributed by atoms with Crippen molar-refractivity contribution in [1.29, 1.82) is 0 Å². The van der Waals surface area contributed by atoms with E-state index >= 15 is 0 Å². The van der Waals surface area contributed by atoms with E-state index in [4.69, 9.17) is 4.42 Å². The van der Waals surface area contributed by atoms with Crippen molar-refractivity contribution in [2.75, 3.05) is 6.54 Å². The van der Waals surface area contributed by atoms with Gasteiger partial charge in [0.15, 0.2) is 0 Å². The summed E-state index contributed by atoms with van der Waals surface area (Å²) < 4.78 is 5.75. The lowest BCUT2D eigenvalue weighted by Crippen LogP contribution is -2.23.